The third-order valence-corrected chi connectivity index (χ3v) is 7.19. The highest BCUT2D eigenvalue weighted by Gasteiger charge is 2.30. The van der Waals surface area contributed by atoms with Gasteiger partial charge in [-0.05, 0) is 25.0 Å². The fourth-order valence-corrected chi connectivity index (χ4v) is 5.54. The quantitative estimate of drug-likeness (QED) is 0.557. The molecule has 1 aromatic carbocycles. The number of carbonyl (C=O) groups is 1. The summed E-state index contributed by atoms with van der Waals surface area (Å²) < 4.78 is 0. The molecule has 2 aliphatic rings. The summed E-state index contributed by atoms with van der Waals surface area (Å²) in [6.07, 6.45) is 11.3. The van der Waals surface area contributed by atoms with Crippen LogP contribution in [0.15, 0.2) is 54.6 Å². The molecule has 0 saturated heterocycles. The van der Waals surface area contributed by atoms with Gasteiger partial charge in [0.15, 0.2) is 0 Å². The number of amides is 1. The van der Waals surface area contributed by atoms with Crippen LogP contribution in [0.1, 0.15) is 77.7 Å². The van der Waals surface area contributed by atoms with Crippen molar-refractivity contribution in [2.45, 2.75) is 63.7 Å². The van der Waals surface area contributed by atoms with Gasteiger partial charge in [-0.15, -0.1) is 11.3 Å². The highest BCUT2D eigenvalue weighted by Crippen LogP contribution is 2.36. The monoisotopic (exact) mass is 406 g/mol. The van der Waals surface area contributed by atoms with Gasteiger partial charge in [-0.3, -0.25) is 4.79 Å². The molecule has 1 amide bonds. The number of fused-ring (bicyclic) bond motifs is 1. The lowest BCUT2D eigenvalue weighted by Gasteiger charge is -2.25. The average Bonchev–Trinajstić information content (AvgIpc) is 3.22. The molecule has 1 saturated carbocycles. The molecule has 0 atom stereocenters. The van der Waals surface area contributed by atoms with E-state index in [1.54, 1.807) is 11.3 Å². The summed E-state index contributed by atoms with van der Waals surface area (Å²) in [6.45, 7) is 0.698. The Morgan fingerprint density at radius 1 is 0.828 bits per heavy atom. The molecule has 1 aliphatic heterocycles. The van der Waals surface area contributed by atoms with Gasteiger partial charge in [0.25, 0.3) is 5.91 Å². The molecule has 1 aromatic heterocycles. The molecule has 0 bridgehead atoms. The summed E-state index contributed by atoms with van der Waals surface area (Å²) in [5.41, 5.74) is 1.96. The van der Waals surface area contributed by atoms with Crippen molar-refractivity contribution in [1.82, 2.24) is 4.98 Å². The van der Waals surface area contributed by atoms with Crippen molar-refractivity contribution >= 4 is 22.9 Å². The number of anilines is 1. The minimum Gasteiger partial charge on any atom is -0.307 e. The van der Waals surface area contributed by atoms with Crippen LogP contribution < -0.4 is 4.90 Å². The smallest absolute Gasteiger partial charge is 0.270 e. The summed E-state index contributed by atoms with van der Waals surface area (Å²) in [5, 5.41) is 1.20. The molecule has 152 valence electrons. The molecule has 3 nitrogen and oxygen atoms in total. The fourth-order valence-electron chi connectivity index (χ4n) is 4.31. The molecule has 0 N–H and O–H groups in total. The number of thiazole rings is 1. The first-order valence-electron chi connectivity index (χ1n) is 11.0. The number of hydrogen-bond acceptors (Lipinski definition) is 3. The maximum atomic E-state index is 13.3. The third-order valence-electron chi connectivity index (χ3n) is 5.94. The van der Waals surface area contributed by atoms with E-state index in [9.17, 15) is 4.79 Å². The highest BCUT2D eigenvalue weighted by atomic mass is 32.1. The largest absolute Gasteiger partial charge is 0.307 e. The maximum absolute atomic E-state index is 13.3. The van der Waals surface area contributed by atoms with Crippen LogP contribution in [0.2, 0.25) is 0 Å². The van der Waals surface area contributed by atoms with Crippen LogP contribution in [0.4, 0.5) is 5.69 Å². The van der Waals surface area contributed by atoms with Crippen LogP contribution in [0.3, 0.4) is 0 Å². The van der Waals surface area contributed by atoms with Crippen LogP contribution in [0.5, 0.6) is 0 Å². The number of aromatic nitrogens is 1. The summed E-state index contributed by atoms with van der Waals surface area (Å²) in [6, 6.07) is 18.0. The summed E-state index contributed by atoms with van der Waals surface area (Å²) in [7, 11) is 0. The molecule has 0 radical (unpaired) electrons. The molecule has 4 rings (SSSR count). The maximum Gasteiger partial charge on any atom is 0.270 e. The van der Waals surface area contributed by atoms with Gasteiger partial charge in [-0.2, -0.15) is 0 Å². The lowest BCUT2D eigenvalue weighted by Crippen LogP contribution is -2.36. The van der Waals surface area contributed by atoms with E-state index in [0.717, 1.165) is 22.7 Å². The van der Waals surface area contributed by atoms with E-state index in [2.05, 4.69) is 0 Å². The van der Waals surface area contributed by atoms with Crippen LogP contribution in [-0.4, -0.2) is 17.4 Å². The van der Waals surface area contributed by atoms with Gasteiger partial charge in [-0.1, -0.05) is 81.0 Å². The van der Waals surface area contributed by atoms with E-state index in [0.29, 0.717) is 12.5 Å². The Morgan fingerprint density at radius 3 is 2.07 bits per heavy atom. The topological polar surface area (TPSA) is 33.2 Å². The molecular weight excluding hydrogens is 376 g/mol. The second-order valence-electron chi connectivity index (χ2n) is 8.04. The van der Waals surface area contributed by atoms with Crippen molar-refractivity contribution in [3.05, 3.63) is 70.2 Å². The Balaban J connectivity index is 1.58. The van der Waals surface area contributed by atoms with Gasteiger partial charge in [-0.25, -0.2) is 4.98 Å². The van der Waals surface area contributed by atoms with E-state index >= 15 is 0 Å². The lowest BCUT2D eigenvalue weighted by atomic mass is 9.97. The van der Waals surface area contributed by atoms with Crippen molar-refractivity contribution in [3.63, 3.8) is 0 Å². The Kier molecular flexibility index (Phi) is 6.94. The predicted octanol–water partition coefficient (Wildman–Crippen LogP) is 6.69. The second-order valence-corrected chi connectivity index (χ2v) is 9.07. The van der Waals surface area contributed by atoms with E-state index in [-0.39, 0.29) is 5.91 Å². The standard InChI is InChI=1S/C25H30N2OS/c28-25-23-22(26-24(29-23)20-14-10-6-4-5-7-11-15-20)18-19-27(25)21-16-12-8-2-1-3-9-13-17-21/h1-3,8-9,12-13,16-17,20H,4-7,10-11,14-15,18-19H2. The lowest BCUT2D eigenvalue weighted by molar-refractivity contribution is 0.0984. The molecule has 0 spiro atoms. The van der Waals surface area contributed by atoms with Gasteiger partial charge in [0, 0.05) is 24.6 Å². The van der Waals surface area contributed by atoms with Gasteiger partial charge < -0.3 is 4.90 Å². The van der Waals surface area contributed by atoms with Crippen molar-refractivity contribution in [1.29, 1.82) is 0 Å². The van der Waals surface area contributed by atoms with Crippen LogP contribution in [0, 0.1) is 0 Å². The number of hydrogen-bond donors (Lipinski definition) is 0. The highest BCUT2D eigenvalue weighted by molar-refractivity contribution is 7.14. The van der Waals surface area contributed by atoms with E-state index in [1.807, 2.05) is 59.5 Å². The third kappa shape index (κ3) is 5.05. The SMILES string of the molecule is O=C1c2sc(C3CCCCCCCC3)nc2CCN1c1ccccccccc1. The summed E-state index contributed by atoms with van der Waals surface area (Å²) in [5.74, 6) is 0.650. The van der Waals surface area contributed by atoms with Crippen LogP contribution >= 0.6 is 11.3 Å². The van der Waals surface area contributed by atoms with E-state index in [1.165, 1.54) is 56.4 Å². The molecule has 2 aromatic rings. The number of rotatable bonds is 2. The van der Waals surface area contributed by atoms with Gasteiger partial charge in [0.1, 0.15) is 4.88 Å². The van der Waals surface area contributed by atoms with E-state index < -0.39 is 0 Å². The number of nitrogens with zero attached hydrogens (tertiary/aromatic N) is 2. The van der Waals surface area contributed by atoms with Gasteiger partial charge >= 0.3 is 0 Å². The molecular formula is C25H30N2OS. The van der Waals surface area contributed by atoms with Gasteiger partial charge in [0.05, 0.1) is 10.7 Å². The first-order chi connectivity index (χ1) is 14.3. The first kappa shape index (κ1) is 20.1. The van der Waals surface area contributed by atoms with Crippen molar-refractivity contribution in [2.24, 2.45) is 0 Å². The minimum atomic E-state index is 0.110. The van der Waals surface area contributed by atoms with Crippen molar-refractivity contribution in [2.75, 3.05) is 11.4 Å². The molecule has 4 heteroatoms. The minimum absolute atomic E-state index is 0.110. The van der Waals surface area contributed by atoms with Crippen molar-refractivity contribution < 1.29 is 4.79 Å². The van der Waals surface area contributed by atoms with Gasteiger partial charge in [0.2, 0.25) is 0 Å². The summed E-state index contributed by atoms with van der Waals surface area (Å²) in [4.78, 5) is 21.0. The Hall–Kier alpha value is -2.20. The first-order valence-corrected chi connectivity index (χ1v) is 11.8. The molecule has 2 heterocycles. The van der Waals surface area contributed by atoms with Crippen LogP contribution in [-0.2, 0) is 6.42 Å². The predicted molar refractivity (Wildman–Crippen MR) is 121 cm³/mol. The molecule has 1 aliphatic carbocycles. The average molecular weight is 407 g/mol. The van der Waals surface area contributed by atoms with E-state index in [4.69, 9.17) is 4.98 Å². The zero-order valence-corrected chi connectivity index (χ0v) is 17.9. The van der Waals surface area contributed by atoms with Crippen LogP contribution in [0.25, 0.3) is 0 Å². The Labute approximate surface area is 178 Å². The molecule has 1 fully saturated rings. The summed E-state index contributed by atoms with van der Waals surface area (Å²) >= 11 is 1.66. The van der Waals surface area contributed by atoms with Crippen molar-refractivity contribution in [3.8, 4) is 0 Å². The molecule has 29 heavy (non-hydrogen) atoms. The normalized spacial score (nSPS) is 18.2. The zero-order chi connectivity index (χ0) is 19.9. The second kappa shape index (κ2) is 10.0. The fraction of sp³-hybridized carbons (Fsp3) is 0.440. The number of carbonyl (C=O) groups excluding carboxylic acids is 1. The Bertz CT molecular complexity index is 855. The molecule has 0 unspecified atom stereocenters. The Morgan fingerprint density at radius 2 is 1.41 bits per heavy atom. The zero-order valence-electron chi connectivity index (χ0n) is 17.1.